The summed E-state index contributed by atoms with van der Waals surface area (Å²) >= 11 is 0. The van der Waals surface area contributed by atoms with Crippen LogP contribution in [0.1, 0.15) is 25.0 Å². The zero-order chi connectivity index (χ0) is 23.5. The van der Waals surface area contributed by atoms with Crippen molar-refractivity contribution in [2.24, 2.45) is 5.41 Å². The van der Waals surface area contributed by atoms with Crippen LogP contribution in [-0.4, -0.2) is 31.8 Å². The molecule has 1 heterocycles. The molecule has 1 aliphatic rings. The monoisotopic (exact) mass is 448 g/mol. The molecule has 0 aromatic heterocycles. The van der Waals surface area contributed by atoms with Gasteiger partial charge < -0.3 is 20.1 Å². The smallest absolute Gasteiger partial charge is 0.416 e. The van der Waals surface area contributed by atoms with Gasteiger partial charge in [-0.25, -0.2) is 0 Å². The molecule has 170 valence electrons. The number of halogens is 3. The molecule has 1 unspecified atom stereocenters. The Morgan fingerprint density at radius 2 is 1.81 bits per heavy atom. The lowest BCUT2D eigenvalue weighted by molar-refractivity contribution is -0.139. The fourth-order valence-corrected chi connectivity index (χ4v) is 3.19. The van der Waals surface area contributed by atoms with E-state index in [0.717, 1.165) is 12.1 Å². The van der Waals surface area contributed by atoms with E-state index < -0.39 is 35.2 Å². The van der Waals surface area contributed by atoms with Crippen LogP contribution in [0.25, 0.3) is 5.57 Å². The van der Waals surface area contributed by atoms with E-state index in [-0.39, 0.29) is 23.6 Å². The van der Waals surface area contributed by atoms with Gasteiger partial charge in [0.2, 0.25) is 5.91 Å². The number of benzene rings is 2. The molecule has 1 aliphatic heterocycles. The third-order valence-electron chi connectivity index (χ3n) is 5.05. The number of nitrogens with one attached hydrogen (secondary N) is 2. The van der Waals surface area contributed by atoms with E-state index in [2.05, 4.69) is 10.6 Å². The third kappa shape index (κ3) is 4.94. The maximum Gasteiger partial charge on any atom is 0.416 e. The number of methoxy groups -OCH3 is 1. The number of amides is 2. The van der Waals surface area contributed by atoms with Crippen molar-refractivity contribution in [1.29, 1.82) is 0 Å². The molecule has 1 atom stereocenters. The van der Waals surface area contributed by atoms with Gasteiger partial charge in [0.25, 0.3) is 5.91 Å². The van der Waals surface area contributed by atoms with Gasteiger partial charge in [-0.2, -0.15) is 13.2 Å². The summed E-state index contributed by atoms with van der Waals surface area (Å²) in [5, 5.41) is 5.16. The van der Waals surface area contributed by atoms with Gasteiger partial charge in [0.05, 0.1) is 16.6 Å². The Morgan fingerprint density at radius 1 is 1.12 bits per heavy atom. The Balaban J connectivity index is 1.85. The summed E-state index contributed by atoms with van der Waals surface area (Å²) in [4.78, 5) is 25.9. The standard InChI is InChI=1S/C23H23F3N2O4/c1-22(2,20(30)27-16-11-7-10-15(12-16)23(24,25)26)21-28-19(29)18(17(32-21)13-31-3)14-8-5-4-6-9-14/h4-12,21H,13H2,1-3H3,(H,27,30)(H,28,29). The Kier molecular flexibility index (Phi) is 6.59. The number of hydrogen-bond donors (Lipinski definition) is 2. The molecule has 0 spiro atoms. The van der Waals surface area contributed by atoms with Crippen molar-refractivity contribution in [1.82, 2.24) is 5.32 Å². The SMILES string of the molecule is COCC1=C(c2ccccc2)C(=O)NC(C(C)(C)C(=O)Nc2cccc(C(F)(F)F)c2)O1. The Bertz CT molecular complexity index is 1030. The fraction of sp³-hybridized carbons (Fsp3) is 0.304. The average molecular weight is 448 g/mol. The highest BCUT2D eigenvalue weighted by Gasteiger charge is 2.44. The van der Waals surface area contributed by atoms with E-state index in [1.54, 1.807) is 24.3 Å². The molecular weight excluding hydrogens is 425 g/mol. The molecule has 9 heteroatoms. The van der Waals surface area contributed by atoms with E-state index in [4.69, 9.17) is 9.47 Å². The van der Waals surface area contributed by atoms with Crippen molar-refractivity contribution >= 4 is 23.1 Å². The van der Waals surface area contributed by atoms with Crippen LogP contribution in [0.3, 0.4) is 0 Å². The molecule has 0 bridgehead atoms. The predicted molar refractivity (Wildman–Crippen MR) is 112 cm³/mol. The summed E-state index contributed by atoms with van der Waals surface area (Å²) in [7, 11) is 1.45. The lowest BCUT2D eigenvalue weighted by Crippen LogP contribution is -2.54. The number of hydrogen-bond acceptors (Lipinski definition) is 4. The molecule has 2 N–H and O–H groups in total. The number of rotatable bonds is 6. The molecule has 0 radical (unpaired) electrons. The fourth-order valence-electron chi connectivity index (χ4n) is 3.19. The van der Waals surface area contributed by atoms with E-state index >= 15 is 0 Å². The van der Waals surface area contributed by atoms with Crippen LogP contribution in [0.5, 0.6) is 0 Å². The van der Waals surface area contributed by atoms with Crippen molar-refractivity contribution in [3.8, 4) is 0 Å². The van der Waals surface area contributed by atoms with E-state index in [1.165, 1.54) is 33.1 Å². The van der Waals surface area contributed by atoms with Crippen molar-refractivity contribution in [2.75, 3.05) is 19.0 Å². The number of carbonyl (C=O) groups is 2. The predicted octanol–water partition coefficient (Wildman–Crippen LogP) is 4.20. The van der Waals surface area contributed by atoms with Crippen LogP contribution in [0.2, 0.25) is 0 Å². The minimum atomic E-state index is -4.54. The first-order valence-electron chi connectivity index (χ1n) is 9.77. The van der Waals surface area contributed by atoms with Gasteiger partial charge in [0, 0.05) is 12.8 Å². The van der Waals surface area contributed by atoms with Crippen molar-refractivity contribution in [2.45, 2.75) is 26.3 Å². The lowest BCUT2D eigenvalue weighted by Gasteiger charge is -2.37. The first kappa shape index (κ1) is 23.3. The second kappa shape index (κ2) is 9.04. The average Bonchev–Trinajstić information content (AvgIpc) is 2.74. The number of carbonyl (C=O) groups excluding carboxylic acids is 2. The number of ether oxygens (including phenoxy) is 2. The van der Waals surface area contributed by atoms with Crippen LogP contribution >= 0.6 is 0 Å². The minimum Gasteiger partial charge on any atom is -0.471 e. The second-order valence-corrected chi connectivity index (χ2v) is 7.82. The summed E-state index contributed by atoms with van der Waals surface area (Å²) in [6.45, 7) is 3.05. The first-order valence-corrected chi connectivity index (χ1v) is 9.77. The van der Waals surface area contributed by atoms with Gasteiger partial charge in [0.15, 0.2) is 6.23 Å². The molecule has 32 heavy (non-hydrogen) atoms. The molecule has 0 saturated carbocycles. The topological polar surface area (TPSA) is 76.7 Å². The third-order valence-corrected chi connectivity index (χ3v) is 5.05. The molecular formula is C23H23F3N2O4. The van der Waals surface area contributed by atoms with Crippen LogP contribution < -0.4 is 10.6 Å². The molecule has 0 fully saturated rings. The highest BCUT2D eigenvalue weighted by molar-refractivity contribution is 6.21. The van der Waals surface area contributed by atoms with Crippen LogP contribution in [-0.2, 0) is 25.2 Å². The van der Waals surface area contributed by atoms with Gasteiger partial charge in [-0.15, -0.1) is 0 Å². The Hall–Kier alpha value is -3.33. The van der Waals surface area contributed by atoms with Gasteiger partial charge in [-0.1, -0.05) is 36.4 Å². The van der Waals surface area contributed by atoms with Crippen molar-refractivity contribution < 1.29 is 32.2 Å². The quantitative estimate of drug-likeness (QED) is 0.695. The normalized spacial score (nSPS) is 16.9. The maximum atomic E-state index is 13.0. The summed E-state index contributed by atoms with van der Waals surface area (Å²) in [5.41, 5.74) is -1.31. The lowest BCUT2D eigenvalue weighted by atomic mass is 9.88. The first-order chi connectivity index (χ1) is 15.0. The molecule has 2 amide bonds. The zero-order valence-corrected chi connectivity index (χ0v) is 17.7. The van der Waals surface area contributed by atoms with E-state index in [9.17, 15) is 22.8 Å². The summed E-state index contributed by atoms with van der Waals surface area (Å²) < 4.78 is 50.0. The highest BCUT2D eigenvalue weighted by atomic mass is 19.4. The molecule has 2 aromatic carbocycles. The Labute approximate surface area is 183 Å². The van der Waals surface area contributed by atoms with Crippen LogP contribution in [0, 0.1) is 5.41 Å². The number of alkyl halides is 3. The van der Waals surface area contributed by atoms with E-state index in [1.807, 2.05) is 6.07 Å². The molecule has 6 nitrogen and oxygen atoms in total. The summed E-state index contributed by atoms with van der Waals surface area (Å²) in [5.74, 6) is -0.811. The molecule has 0 saturated heterocycles. The van der Waals surface area contributed by atoms with Crippen LogP contribution in [0.4, 0.5) is 18.9 Å². The molecule has 2 aromatic rings. The number of anilines is 1. The Morgan fingerprint density at radius 3 is 2.44 bits per heavy atom. The van der Waals surface area contributed by atoms with E-state index in [0.29, 0.717) is 5.56 Å². The zero-order valence-electron chi connectivity index (χ0n) is 17.7. The minimum absolute atomic E-state index is 0.000521. The highest BCUT2D eigenvalue weighted by Crippen LogP contribution is 2.34. The van der Waals surface area contributed by atoms with Gasteiger partial charge in [-0.3, -0.25) is 9.59 Å². The summed E-state index contributed by atoms with van der Waals surface area (Å²) in [6.07, 6.45) is -5.61. The molecule has 3 rings (SSSR count). The van der Waals surface area contributed by atoms with Gasteiger partial charge >= 0.3 is 6.18 Å². The molecule has 0 aliphatic carbocycles. The van der Waals surface area contributed by atoms with Gasteiger partial charge in [-0.05, 0) is 37.6 Å². The van der Waals surface area contributed by atoms with Crippen molar-refractivity contribution in [3.05, 3.63) is 71.5 Å². The largest absolute Gasteiger partial charge is 0.471 e. The van der Waals surface area contributed by atoms with Crippen molar-refractivity contribution in [3.63, 3.8) is 0 Å². The second-order valence-electron chi connectivity index (χ2n) is 7.82. The maximum absolute atomic E-state index is 13.0. The van der Waals surface area contributed by atoms with Crippen LogP contribution in [0.15, 0.2) is 60.4 Å². The summed E-state index contributed by atoms with van der Waals surface area (Å²) in [6, 6.07) is 13.2. The van der Waals surface area contributed by atoms with Gasteiger partial charge in [0.1, 0.15) is 12.4 Å².